The maximum Gasteiger partial charge on any atom is 0.315 e. The van der Waals surface area contributed by atoms with Gasteiger partial charge in [0.15, 0.2) is 0 Å². The number of para-hydroxylation sites is 2. The van der Waals surface area contributed by atoms with Gasteiger partial charge in [-0.05, 0) is 68.9 Å². The van der Waals surface area contributed by atoms with Gasteiger partial charge in [0, 0.05) is 43.0 Å². The minimum absolute atomic E-state index is 0.0312. The fraction of sp³-hybridized carbons (Fsp3) is 0.353. The molecule has 14 heteroatoms. The highest BCUT2D eigenvalue weighted by atomic mass is 16.2. The summed E-state index contributed by atoms with van der Waals surface area (Å²) < 4.78 is 1.96. The smallest absolute Gasteiger partial charge is 0.315 e. The Kier molecular flexibility index (Phi) is 8.29. The van der Waals surface area contributed by atoms with E-state index < -0.39 is 35.7 Å². The molecule has 0 saturated carbocycles. The van der Waals surface area contributed by atoms with E-state index in [1.165, 1.54) is 0 Å². The quantitative estimate of drug-likeness (QED) is 0.181. The van der Waals surface area contributed by atoms with Crippen molar-refractivity contribution in [2.24, 2.45) is 5.73 Å². The van der Waals surface area contributed by atoms with Crippen LogP contribution in [-0.4, -0.2) is 84.4 Å². The van der Waals surface area contributed by atoms with E-state index in [0.29, 0.717) is 18.8 Å². The molecule has 48 heavy (non-hydrogen) atoms. The summed E-state index contributed by atoms with van der Waals surface area (Å²) in [4.78, 5) is 74.2. The van der Waals surface area contributed by atoms with Crippen molar-refractivity contribution < 1.29 is 24.0 Å². The minimum Gasteiger partial charge on any atom is -0.385 e. The standard InChI is InChI=1S/C34H35N9O5/c35-34(48)41-14-12-23(42-19-20(17-38-42)28-18-37-26-6-1-2-7-27(26)39-28)16-22(41)5-3-4-13-36-21-8-9-24-25(15-21)33(47)43(32(24)46)29-10-11-30(44)40-31(29)45/h1-2,6-9,15,17-19,22-23,29,36H,3-5,10-14,16H2,(H2,35,48)(H,40,44,45). The van der Waals surface area contributed by atoms with Crippen LogP contribution in [0.4, 0.5) is 10.5 Å². The Hall–Kier alpha value is -5.66. The topological polar surface area (TPSA) is 186 Å². The first kappa shape index (κ1) is 31.0. The van der Waals surface area contributed by atoms with E-state index >= 15 is 0 Å². The van der Waals surface area contributed by atoms with Crippen LogP contribution < -0.4 is 16.4 Å². The summed E-state index contributed by atoms with van der Waals surface area (Å²) in [6.07, 6.45) is 9.59. The normalized spacial score (nSPS) is 21.0. The van der Waals surface area contributed by atoms with Crippen LogP contribution in [0, 0.1) is 0 Å². The number of benzene rings is 2. The molecule has 4 aromatic rings. The van der Waals surface area contributed by atoms with Crippen LogP contribution in [0.15, 0.2) is 61.1 Å². The number of imide groups is 2. The lowest BCUT2D eigenvalue weighted by atomic mass is 9.93. The van der Waals surface area contributed by atoms with Crippen LogP contribution in [-0.2, 0) is 9.59 Å². The maximum atomic E-state index is 13.1. The fourth-order valence-electron chi connectivity index (χ4n) is 6.92. The molecular formula is C34H35N9O5. The number of anilines is 1. The number of nitrogens with two attached hydrogens (primary N) is 1. The Morgan fingerprint density at radius 1 is 0.979 bits per heavy atom. The van der Waals surface area contributed by atoms with Crippen molar-refractivity contribution in [3.8, 4) is 11.3 Å². The molecule has 6 amide bonds. The van der Waals surface area contributed by atoms with Gasteiger partial charge in [-0.3, -0.25) is 39.1 Å². The molecule has 2 aromatic carbocycles. The number of carbonyl (C=O) groups excluding carboxylic acids is 5. The molecule has 3 atom stereocenters. The summed E-state index contributed by atoms with van der Waals surface area (Å²) in [7, 11) is 0. The van der Waals surface area contributed by atoms with Crippen molar-refractivity contribution in [3.05, 3.63) is 72.2 Å². The number of fused-ring (bicyclic) bond motifs is 2. The monoisotopic (exact) mass is 649 g/mol. The maximum absolute atomic E-state index is 13.1. The number of nitrogens with zero attached hydrogens (tertiary/aromatic N) is 6. The Morgan fingerprint density at radius 3 is 2.60 bits per heavy atom. The third kappa shape index (κ3) is 5.96. The molecule has 2 aromatic heterocycles. The molecule has 3 unspecified atom stereocenters. The number of unbranched alkanes of at least 4 members (excludes halogenated alkanes) is 1. The number of carbonyl (C=O) groups is 5. The lowest BCUT2D eigenvalue weighted by Gasteiger charge is -2.38. The third-order valence-electron chi connectivity index (χ3n) is 9.42. The number of aromatic nitrogens is 4. The first-order valence-electron chi connectivity index (χ1n) is 16.2. The van der Waals surface area contributed by atoms with Crippen molar-refractivity contribution in [1.82, 2.24) is 34.9 Å². The van der Waals surface area contributed by atoms with Crippen LogP contribution in [0.1, 0.15) is 71.7 Å². The van der Waals surface area contributed by atoms with E-state index in [9.17, 15) is 24.0 Å². The van der Waals surface area contributed by atoms with Gasteiger partial charge in [-0.15, -0.1) is 0 Å². The summed E-state index contributed by atoms with van der Waals surface area (Å²) in [6.45, 7) is 1.16. The summed E-state index contributed by atoms with van der Waals surface area (Å²) in [6, 6.07) is 11.3. The zero-order chi connectivity index (χ0) is 33.4. The highest BCUT2D eigenvalue weighted by Crippen LogP contribution is 2.32. The van der Waals surface area contributed by atoms with E-state index in [2.05, 4.69) is 20.7 Å². The Bertz CT molecular complexity index is 1940. The summed E-state index contributed by atoms with van der Waals surface area (Å²) >= 11 is 0. The van der Waals surface area contributed by atoms with Crippen molar-refractivity contribution in [3.63, 3.8) is 0 Å². The van der Waals surface area contributed by atoms with Gasteiger partial charge in [0.25, 0.3) is 11.8 Å². The van der Waals surface area contributed by atoms with Gasteiger partial charge in [0.1, 0.15) is 6.04 Å². The lowest BCUT2D eigenvalue weighted by Crippen LogP contribution is -2.54. The third-order valence-corrected chi connectivity index (χ3v) is 9.42. The summed E-state index contributed by atoms with van der Waals surface area (Å²) in [5.41, 5.74) is 10.2. The average Bonchev–Trinajstić information content (AvgIpc) is 3.67. The van der Waals surface area contributed by atoms with Crippen molar-refractivity contribution in [1.29, 1.82) is 0 Å². The van der Waals surface area contributed by atoms with Crippen LogP contribution in [0.5, 0.6) is 0 Å². The second-order valence-corrected chi connectivity index (χ2v) is 12.4. The summed E-state index contributed by atoms with van der Waals surface area (Å²) in [5.74, 6) is -2.12. The number of likely N-dealkylation sites (tertiary alicyclic amines) is 1. The Labute approximate surface area is 275 Å². The predicted octanol–water partition coefficient (Wildman–Crippen LogP) is 3.26. The Balaban J connectivity index is 0.935. The number of piperidine rings is 2. The zero-order valence-corrected chi connectivity index (χ0v) is 26.2. The molecule has 3 aliphatic rings. The lowest BCUT2D eigenvalue weighted by molar-refractivity contribution is -0.136. The predicted molar refractivity (Wildman–Crippen MR) is 175 cm³/mol. The number of hydrogen-bond acceptors (Lipinski definition) is 9. The zero-order valence-electron chi connectivity index (χ0n) is 26.2. The molecule has 5 heterocycles. The fourth-order valence-corrected chi connectivity index (χ4v) is 6.92. The van der Waals surface area contributed by atoms with Crippen LogP contribution in [0.25, 0.3) is 22.3 Å². The summed E-state index contributed by atoms with van der Waals surface area (Å²) in [5, 5.41) is 10.2. The SMILES string of the molecule is NC(=O)N1CCC(n2cc(-c3cnc4ccccc4n3)cn2)CC1CCCCNc1ccc2c(c1)C(=O)N(C1CCC(=O)NC1=O)C2=O. The number of primary amides is 1. The Morgan fingerprint density at radius 2 is 1.79 bits per heavy atom. The molecule has 2 fully saturated rings. The molecule has 0 aliphatic carbocycles. The molecule has 0 bridgehead atoms. The van der Waals surface area contributed by atoms with E-state index in [1.54, 1.807) is 35.5 Å². The van der Waals surface area contributed by atoms with Crippen molar-refractivity contribution >= 4 is 46.4 Å². The molecule has 2 saturated heterocycles. The number of nitrogens with one attached hydrogen (secondary N) is 2. The highest BCUT2D eigenvalue weighted by Gasteiger charge is 2.44. The first-order chi connectivity index (χ1) is 23.3. The van der Waals surface area contributed by atoms with Gasteiger partial charge in [-0.25, -0.2) is 9.78 Å². The molecule has 3 aliphatic heterocycles. The molecule has 14 nitrogen and oxygen atoms in total. The molecule has 4 N–H and O–H groups in total. The number of hydrogen-bond donors (Lipinski definition) is 3. The van der Waals surface area contributed by atoms with Gasteiger partial charge in [-0.1, -0.05) is 12.1 Å². The van der Waals surface area contributed by atoms with Gasteiger partial charge in [-0.2, -0.15) is 5.10 Å². The van der Waals surface area contributed by atoms with Gasteiger partial charge >= 0.3 is 6.03 Å². The van der Waals surface area contributed by atoms with Gasteiger partial charge in [0.05, 0.1) is 46.3 Å². The van der Waals surface area contributed by atoms with Crippen LogP contribution in [0.2, 0.25) is 0 Å². The molecule has 0 spiro atoms. The van der Waals surface area contributed by atoms with E-state index in [1.807, 2.05) is 35.1 Å². The van der Waals surface area contributed by atoms with Gasteiger partial charge < -0.3 is 16.0 Å². The van der Waals surface area contributed by atoms with Crippen LogP contribution in [0.3, 0.4) is 0 Å². The van der Waals surface area contributed by atoms with E-state index in [-0.39, 0.29) is 36.1 Å². The largest absolute Gasteiger partial charge is 0.385 e. The molecule has 246 valence electrons. The molecule has 0 radical (unpaired) electrons. The average molecular weight is 650 g/mol. The number of urea groups is 1. The number of amides is 6. The second kappa shape index (κ2) is 12.9. The second-order valence-electron chi connectivity index (χ2n) is 12.4. The van der Waals surface area contributed by atoms with E-state index in [4.69, 9.17) is 10.7 Å². The minimum atomic E-state index is -1.000. The van der Waals surface area contributed by atoms with Gasteiger partial charge in [0.2, 0.25) is 11.8 Å². The van der Waals surface area contributed by atoms with Crippen molar-refractivity contribution in [2.75, 3.05) is 18.4 Å². The molecule has 7 rings (SSSR count). The van der Waals surface area contributed by atoms with E-state index in [0.717, 1.165) is 59.3 Å². The first-order valence-corrected chi connectivity index (χ1v) is 16.2. The van der Waals surface area contributed by atoms with Crippen LogP contribution >= 0.6 is 0 Å². The number of rotatable bonds is 9. The molecular weight excluding hydrogens is 614 g/mol. The van der Waals surface area contributed by atoms with Crippen molar-refractivity contribution in [2.45, 2.75) is 63.1 Å². The highest BCUT2D eigenvalue weighted by molar-refractivity contribution is 6.23.